The van der Waals surface area contributed by atoms with Gasteiger partial charge in [0.05, 0.1) is 6.61 Å². The molecule has 2 aromatic carbocycles. The Morgan fingerprint density at radius 3 is 2.29 bits per heavy atom. The van der Waals surface area contributed by atoms with Gasteiger partial charge in [-0.1, -0.05) is 30.3 Å². The first-order valence-corrected chi connectivity index (χ1v) is 11.7. The first-order chi connectivity index (χ1) is 16.7. The van der Waals surface area contributed by atoms with Crippen LogP contribution in [0.3, 0.4) is 0 Å². The van der Waals surface area contributed by atoms with E-state index in [-0.39, 0.29) is 31.8 Å². The maximum Gasteiger partial charge on any atom is 0.303 e. The second kappa shape index (κ2) is 14.0. The van der Waals surface area contributed by atoms with Crippen LogP contribution in [0.15, 0.2) is 54.6 Å². The Kier molecular flexibility index (Phi) is 11.0. The zero-order chi connectivity index (χ0) is 25.7. The summed E-state index contributed by atoms with van der Waals surface area (Å²) in [6.07, 6.45) is 2.15. The highest BCUT2D eigenvalue weighted by Crippen LogP contribution is 2.22. The molecule has 1 atom stereocenters. The lowest BCUT2D eigenvalue weighted by Gasteiger charge is -2.34. The third kappa shape index (κ3) is 10.1. The summed E-state index contributed by atoms with van der Waals surface area (Å²) >= 11 is 0. The largest absolute Gasteiger partial charge is 0.494 e. The third-order valence-electron chi connectivity index (χ3n) is 5.43. The number of carbonyl (C=O) groups is 3. The number of primary amides is 1. The zero-order valence-electron chi connectivity index (χ0n) is 20.5. The average molecular weight is 485 g/mol. The molecule has 0 saturated carbocycles. The van der Waals surface area contributed by atoms with E-state index in [9.17, 15) is 14.4 Å². The van der Waals surface area contributed by atoms with Gasteiger partial charge in [0.2, 0.25) is 5.91 Å². The Morgan fingerprint density at radius 1 is 1.00 bits per heavy atom. The van der Waals surface area contributed by atoms with Crippen LogP contribution < -0.4 is 21.1 Å². The Bertz CT molecular complexity index is 950. The number of anilines is 1. The van der Waals surface area contributed by atoms with Crippen molar-refractivity contribution >= 4 is 23.5 Å². The Labute approximate surface area is 206 Å². The van der Waals surface area contributed by atoms with Crippen molar-refractivity contribution in [3.8, 4) is 5.75 Å². The van der Waals surface area contributed by atoms with Gasteiger partial charge in [-0.25, -0.2) is 0 Å². The molecule has 0 aliphatic heterocycles. The van der Waals surface area contributed by atoms with Crippen LogP contribution in [0.1, 0.15) is 37.7 Å². The zero-order valence-corrected chi connectivity index (χ0v) is 20.5. The second-order valence-electron chi connectivity index (χ2n) is 8.71. The van der Waals surface area contributed by atoms with Gasteiger partial charge in [-0.15, -0.1) is 0 Å². The van der Waals surface area contributed by atoms with Crippen molar-refractivity contribution < 1.29 is 24.2 Å². The number of amides is 2. The quantitative estimate of drug-likeness (QED) is 0.213. The van der Waals surface area contributed by atoms with Crippen LogP contribution in [0.2, 0.25) is 0 Å². The number of aryl methyl sites for hydroxylation is 1. The minimum atomic E-state index is -1.48. The maximum absolute atomic E-state index is 12.8. The highest BCUT2D eigenvalue weighted by molar-refractivity contribution is 5.92. The molecular formula is C26H36N4O5. The normalized spacial score (nSPS) is 12.5. The van der Waals surface area contributed by atoms with Gasteiger partial charge in [0.25, 0.3) is 5.91 Å². The number of carboxylic acid groups (broad SMARTS) is 1. The van der Waals surface area contributed by atoms with E-state index in [4.69, 9.17) is 15.6 Å². The predicted molar refractivity (Wildman–Crippen MR) is 135 cm³/mol. The summed E-state index contributed by atoms with van der Waals surface area (Å²) in [5.41, 5.74) is 5.98. The lowest BCUT2D eigenvalue weighted by molar-refractivity contribution is -0.137. The molecule has 0 aliphatic rings. The van der Waals surface area contributed by atoms with E-state index in [1.54, 1.807) is 24.3 Å². The van der Waals surface area contributed by atoms with Crippen LogP contribution in [0.25, 0.3) is 0 Å². The number of hydrogen-bond acceptors (Lipinski definition) is 6. The smallest absolute Gasteiger partial charge is 0.303 e. The molecule has 35 heavy (non-hydrogen) atoms. The average Bonchev–Trinajstić information content (AvgIpc) is 2.81. The van der Waals surface area contributed by atoms with E-state index in [1.165, 1.54) is 0 Å². The first kappa shape index (κ1) is 27.7. The van der Waals surface area contributed by atoms with Crippen molar-refractivity contribution in [2.45, 2.75) is 44.2 Å². The fourth-order valence-electron chi connectivity index (χ4n) is 3.53. The molecule has 0 spiro atoms. The molecule has 9 nitrogen and oxygen atoms in total. The molecule has 0 aromatic heterocycles. The molecule has 0 fully saturated rings. The van der Waals surface area contributed by atoms with Gasteiger partial charge in [-0.3, -0.25) is 14.4 Å². The van der Waals surface area contributed by atoms with Gasteiger partial charge in [-0.2, -0.15) is 0 Å². The molecule has 0 bridgehead atoms. The number of nitrogens with one attached hydrogen (secondary N) is 2. The van der Waals surface area contributed by atoms with E-state index in [0.717, 1.165) is 12.1 Å². The first-order valence-electron chi connectivity index (χ1n) is 11.7. The van der Waals surface area contributed by atoms with Crippen LogP contribution in [0.4, 0.5) is 5.69 Å². The number of carbonyl (C=O) groups excluding carboxylic acids is 2. The standard InChI is InChI=1S/C26H36N4O5/c1-30(2)18-6-10-23(31)29-26(25(27)34,17-16-20-8-4-3-5-9-20)28-21-12-14-22(15-13-21)35-19-7-11-24(32)33/h3-5,8-9,12-15,28H,6-7,10-11,16-19H2,1-2H3,(H2,27,34)(H,29,31)(H,32,33). The number of nitrogens with zero attached hydrogens (tertiary/aromatic N) is 1. The number of benzene rings is 2. The lowest BCUT2D eigenvalue weighted by atomic mass is 9.97. The monoisotopic (exact) mass is 484 g/mol. The van der Waals surface area contributed by atoms with E-state index in [0.29, 0.717) is 30.7 Å². The van der Waals surface area contributed by atoms with Crippen LogP contribution in [0.5, 0.6) is 5.75 Å². The fraction of sp³-hybridized carbons (Fsp3) is 0.423. The maximum atomic E-state index is 12.8. The van der Waals surface area contributed by atoms with Crippen LogP contribution in [-0.2, 0) is 20.8 Å². The molecule has 0 radical (unpaired) electrons. The molecule has 190 valence electrons. The molecule has 2 rings (SSSR count). The molecule has 0 aliphatic carbocycles. The van der Waals surface area contributed by atoms with E-state index < -0.39 is 17.5 Å². The molecular weight excluding hydrogens is 448 g/mol. The van der Waals surface area contributed by atoms with Crippen molar-refractivity contribution in [2.24, 2.45) is 5.73 Å². The molecule has 0 heterocycles. The van der Waals surface area contributed by atoms with E-state index in [2.05, 4.69) is 10.6 Å². The summed E-state index contributed by atoms with van der Waals surface area (Å²) in [6.45, 7) is 1.03. The summed E-state index contributed by atoms with van der Waals surface area (Å²) in [5.74, 6) is -1.23. The molecule has 1 unspecified atom stereocenters. The van der Waals surface area contributed by atoms with Gasteiger partial charge < -0.3 is 31.1 Å². The summed E-state index contributed by atoms with van der Waals surface area (Å²) in [4.78, 5) is 38.1. The highest BCUT2D eigenvalue weighted by Gasteiger charge is 2.38. The number of nitrogens with two attached hydrogens (primary N) is 1. The van der Waals surface area contributed by atoms with Gasteiger partial charge in [0, 0.05) is 24.9 Å². The highest BCUT2D eigenvalue weighted by atomic mass is 16.5. The topological polar surface area (TPSA) is 134 Å². The Balaban J connectivity index is 2.14. The van der Waals surface area contributed by atoms with Crippen LogP contribution in [0, 0.1) is 0 Å². The second-order valence-corrected chi connectivity index (χ2v) is 8.71. The van der Waals surface area contributed by atoms with Crippen molar-refractivity contribution in [1.29, 1.82) is 0 Å². The van der Waals surface area contributed by atoms with Gasteiger partial charge in [-0.05, 0) is 69.7 Å². The minimum Gasteiger partial charge on any atom is -0.494 e. The summed E-state index contributed by atoms with van der Waals surface area (Å²) in [7, 11) is 3.87. The molecule has 5 N–H and O–H groups in total. The molecule has 2 amide bonds. The summed E-state index contributed by atoms with van der Waals surface area (Å²) < 4.78 is 5.57. The van der Waals surface area contributed by atoms with Crippen LogP contribution >= 0.6 is 0 Å². The van der Waals surface area contributed by atoms with Crippen molar-refractivity contribution in [1.82, 2.24) is 10.2 Å². The van der Waals surface area contributed by atoms with Gasteiger partial charge >= 0.3 is 5.97 Å². The van der Waals surface area contributed by atoms with E-state index >= 15 is 0 Å². The van der Waals surface area contributed by atoms with Crippen molar-refractivity contribution in [3.63, 3.8) is 0 Å². The van der Waals surface area contributed by atoms with Gasteiger partial charge in [0.1, 0.15) is 5.75 Å². The SMILES string of the molecule is CN(C)CCCC(=O)NC(CCc1ccccc1)(Nc1ccc(OCCCC(=O)O)cc1)C(N)=O. The number of carboxylic acids is 1. The van der Waals surface area contributed by atoms with Crippen molar-refractivity contribution in [2.75, 3.05) is 32.6 Å². The lowest BCUT2D eigenvalue weighted by Crippen LogP contribution is -2.63. The molecule has 9 heteroatoms. The number of aliphatic carboxylic acids is 1. The van der Waals surface area contributed by atoms with E-state index in [1.807, 2.05) is 49.3 Å². The van der Waals surface area contributed by atoms with Crippen molar-refractivity contribution in [3.05, 3.63) is 60.2 Å². The number of ether oxygens (including phenoxy) is 1. The minimum absolute atomic E-state index is 0.0381. The fourth-order valence-corrected chi connectivity index (χ4v) is 3.53. The summed E-state index contributed by atoms with van der Waals surface area (Å²) in [5, 5.41) is 14.7. The van der Waals surface area contributed by atoms with Gasteiger partial charge in [0.15, 0.2) is 5.66 Å². The Hall–Kier alpha value is -3.59. The molecule has 0 saturated heterocycles. The molecule has 2 aromatic rings. The predicted octanol–water partition coefficient (Wildman–Crippen LogP) is 2.61. The summed E-state index contributed by atoms with van der Waals surface area (Å²) in [6, 6.07) is 16.6. The Morgan fingerprint density at radius 2 is 1.69 bits per heavy atom. The van der Waals surface area contributed by atoms with Crippen LogP contribution in [-0.4, -0.2) is 60.7 Å². The number of hydrogen-bond donors (Lipinski definition) is 4. The third-order valence-corrected chi connectivity index (χ3v) is 5.43. The number of rotatable bonds is 16.